The molecule has 0 radical (unpaired) electrons. The highest BCUT2D eigenvalue weighted by molar-refractivity contribution is 6.31. The molecule has 0 aliphatic carbocycles. The number of aliphatic hydroxyl groups excluding tert-OH is 1. The molecule has 9 heteroatoms. The molecule has 8 nitrogen and oxygen atoms in total. The Labute approximate surface area is 138 Å². The zero-order valence-electron chi connectivity index (χ0n) is 12.7. The third-order valence-electron chi connectivity index (χ3n) is 3.67. The van der Waals surface area contributed by atoms with Crippen LogP contribution in [0.4, 0.5) is 11.6 Å². The third kappa shape index (κ3) is 3.49. The fourth-order valence-electron chi connectivity index (χ4n) is 2.41. The van der Waals surface area contributed by atoms with Gasteiger partial charge in [-0.1, -0.05) is 11.6 Å². The molecule has 1 amide bonds. The number of hydrogen-bond donors (Lipinski definition) is 2. The van der Waals surface area contributed by atoms with Gasteiger partial charge in [-0.05, 0) is 13.1 Å². The molecule has 3 rings (SSSR count). The quantitative estimate of drug-likeness (QED) is 0.835. The highest BCUT2D eigenvalue weighted by Gasteiger charge is 2.21. The summed E-state index contributed by atoms with van der Waals surface area (Å²) < 4.78 is 0. The number of carbonyl (C=O) groups excluding carboxylic acids is 1. The summed E-state index contributed by atoms with van der Waals surface area (Å²) in [5.74, 6) is 0.330. The first-order chi connectivity index (χ1) is 11.1. The lowest BCUT2D eigenvalue weighted by Crippen LogP contribution is -2.45. The van der Waals surface area contributed by atoms with Gasteiger partial charge in [-0.2, -0.15) is 0 Å². The number of nitrogens with zero attached hydrogens (tertiary/aromatic N) is 5. The van der Waals surface area contributed by atoms with Crippen molar-refractivity contribution in [1.82, 2.24) is 19.9 Å². The van der Waals surface area contributed by atoms with E-state index in [0.29, 0.717) is 27.8 Å². The van der Waals surface area contributed by atoms with Crippen molar-refractivity contribution in [3.8, 4) is 0 Å². The number of amides is 1. The maximum absolute atomic E-state index is 11.6. The molecule has 1 saturated heterocycles. The van der Waals surface area contributed by atoms with E-state index in [0.717, 1.165) is 26.2 Å². The maximum atomic E-state index is 11.6. The molecule has 0 spiro atoms. The van der Waals surface area contributed by atoms with Gasteiger partial charge in [0.15, 0.2) is 17.3 Å². The monoisotopic (exact) mass is 336 g/mol. The van der Waals surface area contributed by atoms with Crippen LogP contribution < -0.4 is 10.2 Å². The Morgan fingerprint density at radius 1 is 1.35 bits per heavy atom. The van der Waals surface area contributed by atoms with Crippen molar-refractivity contribution in [2.24, 2.45) is 0 Å². The third-order valence-corrected chi connectivity index (χ3v) is 3.88. The van der Waals surface area contributed by atoms with Crippen molar-refractivity contribution in [2.75, 3.05) is 50.1 Å². The second kappa shape index (κ2) is 6.61. The summed E-state index contributed by atoms with van der Waals surface area (Å²) in [6, 6.07) is 1.64. The normalized spacial score (nSPS) is 15.9. The Bertz CT molecular complexity index is 733. The van der Waals surface area contributed by atoms with Gasteiger partial charge in [0.2, 0.25) is 0 Å². The van der Waals surface area contributed by atoms with Crippen LogP contribution in [0.25, 0.3) is 11.2 Å². The van der Waals surface area contributed by atoms with Gasteiger partial charge in [-0.3, -0.25) is 4.79 Å². The van der Waals surface area contributed by atoms with Crippen molar-refractivity contribution in [3.05, 3.63) is 17.3 Å². The van der Waals surface area contributed by atoms with Crippen LogP contribution in [-0.4, -0.2) is 70.7 Å². The highest BCUT2D eigenvalue weighted by atomic mass is 35.5. The van der Waals surface area contributed by atoms with Crippen LogP contribution in [-0.2, 0) is 4.79 Å². The summed E-state index contributed by atoms with van der Waals surface area (Å²) in [6.45, 7) is 2.70. The molecule has 23 heavy (non-hydrogen) atoms. The fraction of sp³-hybridized carbons (Fsp3) is 0.429. The first-order valence-electron chi connectivity index (χ1n) is 7.24. The van der Waals surface area contributed by atoms with Crippen molar-refractivity contribution in [1.29, 1.82) is 0 Å². The molecule has 2 aromatic heterocycles. The van der Waals surface area contributed by atoms with Gasteiger partial charge < -0.3 is 20.2 Å². The van der Waals surface area contributed by atoms with Gasteiger partial charge in [0, 0.05) is 32.4 Å². The summed E-state index contributed by atoms with van der Waals surface area (Å²) in [5.41, 5.74) is 0.953. The Balaban J connectivity index is 2.03. The van der Waals surface area contributed by atoms with Crippen molar-refractivity contribution < 1.29 is 9.90 Å². The van der Waals surface area contributed by atoms with Crippen LogP contribution in [0.1, 0.15) is 0 Å². The van der Waals surface area contributed by atoms with E-state index in [1.807, 2.05) is 0 Å². The lowest BCUT2D eigenvalue weighted by molar-refractivity contribution is -0.118. The number of likely N-dealkylation sites (N-methyl/N-ethyl adjacent to an activating group) is 1. The lowest BCUT2D eigenvalue weighted by atomic mass is 10.3. The van der Waals surface area contributed by atoms with Crippen LogP contribution in [0.5, 0.6) is 0 Å². The average Bonchev–Trinajstić information content (AvgIpc) is 2.55. The van der Waals surface area contributed by atoms with Crippen LogP contribution in [0.3, 0.4) is 0 Å². The molecule has 1 fully saturated rings. The number of pyridine rings is 1. The van der Waals surface area contributed by atoms with Crippen molar-refractivity contribution >= 4 is 40.3 Å². The topological polar surface area (TPSA) is 94.5 Å². The maximum Gasteiger partial charge on any atom is 0.251 e. The molecular weight excluding hydrogens is 320 g/mol. The number of halogens is 1. The molecule has 122 valence electrons. The number of hydrogen-bond acceptors (Lipinski definition) is 7. The highest BCUT2D eigenvalue weighted by Crippen LogP contribution is 2.26. The Morgan fingerprint density at radius 3 is 2.78 bits per heavy atom. The number of anilines is 2. The van der Waals surface area contributed by atoms with E-state index in [1.54, 1.807) is 6.07 Å². The van der Waals surface area contributed by atoms with Crippen LogP contribution in [0, 0.1) is 0 Å². The Hall–Kier alpha value is -2.03. The van der Waals surface area contributed by atoms with Crippen LogP contribution in [0.15, 0.2) is 12.3 Å². The van der Waals surface area contributed by atoms with E-state index in [2.05, 4.69) is 37.1 Å². The minimum atomic E-state index is -0.615. The fourth-order valence-corrected chi connectivity index (χ4v) is 2.56. The second-order valence-corrected chi connectivity index (χ2v) is 5.83. The van der Waals surface area contributed by atoms with E-state index >= 15 is 0 Å². The summed E-state index contributed by atoms with van der Waals surface area (Å²) in [6.07, 6.45) is 1.51. The van der Waals surface area contributed by atoms with E-state index in [1.165, 1.54) is 6.20 Å². The minimum Gasteiger partial charge on any atom is -0.387 e. The Kier molecular flexibility index (Phi) is 4.56. The average molecular weight is 337 g/mol. The smallest absolute Gasteiger partial charge is 0.251 e. The molecule has 2 aromatic rings. The molecule has 0 bridgehead atoms. The number of piperazine rings is 1. The van der Waals surface area contributed by atoms with E-state index in [9.17, 15) is 4.79 Å². The summed E-state index contributed by atoms with van der Waals surface area (Å²) in [4.78, 5) is 29.0. The molecule has 0 saturated carbocycles. The molecular formula is C14H17ClN6O2. The molecule has 0 aromatic carbocycles. The van der Waals surface area contributed by atoms with Gasteiger partial charge >= 0.3 is 0 Å². The SMILES string of the molecule is CN1CCN(c2nc3ncc(Cl)cc3nc2NC(=O)CO)CC1. The second-order valence-electron chi connectivity index (χ2n) is 5.39. The van der Waals surface area contributed by atoms with Gasteiger partial charge in [0.25, 0.3) is 5.91 Å². The van der Waals surface area contributed by atoms with Gasteiger partial charge in [-0.15, -0.1) is 0 Å². The number of aromatic nitrogens is 3. The van der Waals surface area contributed by atoms with E-state index < -0.39 is 12.5 Å². The predicted octanol–water partition coefficient (Wildman–Crippen LogP) is 0.361. The molecule has 3 heterocycles. The lowest BCUT2D eigenvalue weighted by Gasteiger charge is -2.33. The first kappa shape index (κ1) is 15.9. The summed E-state index contributed by atoms with van der Waals surface area (Å²) in [7, 11) is 2.06. The van der Waals surface area contributed by atoms with Gasteiger partial charge in [0.1, 0.15) is 12.1 Å². The van der Waals surface area contributed by atoms with Crippen molar-refractivity contribution in [2.45, 2.75) is 0 Å². The summed E-state index contributed by atoms with van der Waals surface area (Å²) >= 11 is 5.93. The molecule has 1 aliphatic rings. The van der Waals surface area contributed by atoms with Crippen LogP contribution in [0.2, 0.25) is 5.02 Å². The molecule has 1 aliphatic heterocycles. The zero-order valence-corrected chi connectivity index (χ0v) is 13.4. The molecule has 0 atom stereocenters. The zero-order chi connectivity index (χ0) is 16.4. The molecule has 2 N–H and O–H groups in total. The van der Waals surface area contributed by atoms with Crippen molar-refractivity contribution in [3.63, 3.8) is 0 Å². The molecule has 0 unspecified atom stereocenters. The first-order valence-corrected chi connectivity index (χ1v) is 7.62. The standard InChI is InChI=1S/C14H17ClN6O2/c1-20-2-4-21(5-3-20)14-13(18-11(23)8-22)17-10-6-9(15)7-16-12(10)19-14/h6-7,22H,2-5,8H2,1H3,(H,17,18,23). The summed E-state index contributed by atoms with van der Waals surface area (Å²) in [5, 5.41) is 12.0. The van der Waals surface area contributed by atoms with Crippen LogP contribution >= 0.6 is 11.6 Å². The predicted molar refractivity (Wildman–Crippen MR) is 87.8 cm³/mol. The van der Waals surface area contributed by atoms with Gasteiger partial charge in [-0.25, -0.2) is 15.0 Å². The minimum absolute atomic E-state index is 0.310. The number of aliphatic hydroxyl groups is 1. The number of carbonyl (C=O) groups is 1. The van der Waals surface area contributed by atoms with E-state index in [4.69, 9.17) is 16.7 Å². The largest absolute Gasteiger partial charge is 0.387 e. The number of nitrogens with one attached hydrogen (secondary N) is 1. The number of fused-ring (bicyclic) bond motifs is 1. The van der Waals surface area contributed by atoms with E-state index in [-0.39, 0.29) is 0 Å². The van der Waals surface area contributed by atoms with Gasteiger partial charge in [0.05, 0.1) is 5.02 Å². The number of rotatable bonds is 3. The Morgan fingerprint density at radius 2 is 2.09 bits per heavy atom.